The summed E-state index contributed by atoms with van der Waals surface area (Å²) < 4.78 is 0. The van der Waals surface area contributed by atoms with E-state index in [4.69, 9.17) is 18.1 Å². The van der Waals surface area contributed by atoms with E-state index in [9.17, 15) is 4.79 Å². The Hall–Kier alpha value is -0.880. The van der Waals surface area contributed by atoms with Gasteiger partial charge in [0.25, 0.3) is 0 Å². The summed E-state index contributed by atoms with van der Waals surface area (Å²) in [6.07, 6.45) is 0. The average Bonchev–Trinajstić information content (AvgIpc) is 2.02. The molecule has 70 valence electrons. The third kappa shape index (κ3) is 3.49. The predicted molar refractivity (Wildman–Crippen MR) is 51.2 cm³/mol. The second-order valence-electron chi connectivity index (χ2n) is 2.57. The van der Waals surface area contributed by atoms with Gasteiger partial charge >= 0.3 is 0 Å². The van der Waals surface area contributed by atoms with Crippen molar-refractivity contribution in [1.29, 1.82) is 0 Å². The van der Waals surface area contributed by atoms with E-state index in [1.54, 1.807) is 21.0 Å². The van der Waals surface area contributed by atoms with Crippen LogP contribution in [0.5, 0.6) is 0 Å². The summed E-state index contributed by atoms with van der Waals surface area (Å²) in [5.74, 6) is 4.97. The van der Waals surface area contributed by atoms with Gasteiger partial charge in [0.1, 0.15) is 6.04 Å². The standard InChI is InChI=1S/C6H14N4OS/c1-4(5(11)10(2)3)8-6(12)9-7/h4H,7H2,1-3H3,(H2,8,9,12). The molecule has 0 aliphatic heterocycles. The molecule has 1 amide bonds. The van der Waals surface area contributed by atoms with Crippen molar-refractivity contribution in [3.8, 4) is 0 Å². The first-order valence-electron chi connectivity index (χ1n) is 3.47. The van der Waals surface area contributed by atoms with Crippen molar-refractivity contribution in [3.05, 3.63) is 0 Å². The molecular formula is C6H14N4OS. The lowest BCUT2D eigenvalue weighted by atomic mass is 10.3. The van der Waals surface area contributed by atoms with E-state index in [1.165, 1.54) is 4.90 Å². The molecule has 0 aromatic rings. The maximum atomic E-state index is 11.2. The van der Waals surface area contributed by atoms with Crippen molar-refractivity contribution in [1.82, 2.24) is 15.6 Å². The van der Waals surface area contributed by atoms with E-state index in [1.807, 2.05) is 0 Å². The van der Waals surface area contributed by atoms with Crippen LogP contribution in [-0.2, 0) is 4.79 Å². The molecule has 6 heteroatoms. The molecular weight excluding hydrogens is 176 g/mol. The number of amides is 1. The lowest BCUT2D eigenvalue weighted by Gasteiger charge is -2.18. The molecule has 5 nitrogen and oxygen atoms in total. The molecule has 0 aromatic carbocycles. The molecule has 0 bridgehead atoms. The fourth-order valence-electron chi connectivity index (χ4n) is 0.687. The van der Waals surface area contributed by atoms with E-state index in [2.05, 4.69) is 10.7 Å². The van der Waals surface area contributed by atoms with E-state index in [0.717, 1.165) is 0 Å². The Labute approximate surface area is 77.3 Å². The van der Waals surface area contributed by atoms with Crippen LogP contribution in [-0.4, -0.2) is 36.1 Å². The SMILES string of the molecule is CC(NC(=S)NN)C(=O)N(C)C. The van der Waals surface area contributed by atoms with Gasteiger partial charge in [-0.25, -0.2) is 5.84 Å². The van der Waals surface area contributed by atoms with Crippen molar-refractivity contribution >= 4 is 23.2 Å². The van der Waals surface area contributed by atoms with Crippen LogP contribution in [0.4, 0.5) is 0 Å². The number of hydrogen-bond donors (Lipinski definition) is 3. The highest BCUT2D eigenvalue weighted by molar-refractivity contribution is 7.80. The van der Waals surface area contributed by atoms with Gasteiger partial charge in [-0.3, -0.25) is 4.79 Å². The minimum atomic E-state index is -0.358. The number of carbonyl (C=O) groups is 1. The number of likely N-dealkylation sites (N-methyl/N-ethyl adjacent to an activating group) is 1. The summed E-state index contributed by atoms with van der Waals surface area (Å²) in [6, 6.07) is -0.358. The highest BCUT2D eigenvalue weighted by atomic mass is 32.1. The normalized spacial score (nSPS) is 11.7. The number of hydrogen-bond acceptors (Lipinski definition) is 3. The van der Waals surface area contributed by atoms with Crippen molar-refractivity contribution in [3.63, 3.8) is 0 Å². The lowest BCUT2D eigenvalue weighted by Crippen LogP contribution is -2.49. The molecule has 0 aromatic heterocycles. The molecule has 0 aliphatic carbocycles. The molecule has 4 N–H and O–H groups in total. The van der Waals surface area contributed by atoms with Gasteiger partial charge < -0.3 is 15.6 Å². The fraction of sp³-hybridized carbons (Fsp3) is 0.667. The van der Waals surface area contributed by atoms with Gasteiger partial charge in [-0.2, -0.15) is 0 Å². The first kappa shape index (κ1) is 11.1. The van der Waals surface area contributed by atoms with E-state index in [0.29, 0.717) is 0 Å². The summed E-state index contributed by atoms with van der Waals surface area (Å²) in [4.78, 5) is 12.7. The van der Waals surface area contributed by atoms with Crippen LogP contribution in [0.2, 0.25) is 0 Å². The predicted octanol–water partition coefficient (Wildman–Crippen LogP) is -1.20. The third-order valence-corrected chi connectivity index (χ3v) is 1.53. The molecule has 1 unspecified atom stereocenters. The van der Waals surface area contributed by atoms with Crippen molar-refractivity contribution < 1.29 is 4.79 Å². The van der Waals surface area contributed by atoms with Gasteiger partial charge in [0.05, 0.1) is 0 Å². The summed E-state index contributed by atoms with van der Waals surface area (Å²) in [5, 5.41) is 2.98. The van der Waals surface area contributed by atoms with Gasteiger partial charge in [0, 0.05) is 14.1 Å². The Morgan fingerprint density at radius 1 is 1.58 bits per heavy atom. The summed E-state index contributed by atoms with van der Waals surface area (Å²) >= 11 is 4.72. The van der Waals surface area contributed by atoms with Crippen LogP contribution >= 0.6 is 12.2 Å². The molecule has 0 aliphatic rings. The second-order valence-corrected chi connectivity index (χ2v) is 2.98. The van der Waals surface area contributed by atoms with Gasteiger partial charge in [-0.1, -0.05) is 0 Å². The zero-order valence-corrected chi connectivity index (χ0v) is 8.23. The Kier molecular flexibility index (Phi) is 4.53. The van der Waals surface area contributed by atoms with E-state index in [-0.39, 0.29) is 17.1 Å². The first-order chi connectivity index (χ1) is 5.49. The molecule has 0 heterocycles. The van der Waals surface area contributed by atoms with Crippen molar-refractivity contribution in [2.75, 3.05) is 14.1 Å². The maximum absolute atomic E-state index is 11.2. The van der Waals surface area contributed by atoms with Crippen LogP contribution in [0.15, 0.2) is 0 Å². The zero-order valence-electron chi connectivity index (χ0n) is 7.42. The monoisotopic (exact) mass is 190 g/mol. The quantitative estimate of drug-likeness (QED) is 0.290. The van der Waals surface area contributed by atoms with Gasteiger partial charge in [0.2, 0.25) is 5.91 Å². The van der Waals surface area contributed by atoms with Crippen molar-refractivity contribution in [2.24, 2.45) is 5.84 Å². The fourth-order valence-corrected chi connectivity index (χ4v) is 0.864. The van der Waals surface area contributed by atoms with Gasteiger partial charge in [-0.05, 0) is 19.1 Å². The minimum absolute atomic E-state index is 0.0485. The molecule has 12 heavy (non-hydrogen) atoms. The lowest BCUT2D eigenvalue weighted by molar-refractivity contribution is -0.130. The molecule has 0 radical (unpaired) electrons. The molecule has 0 fully saturated rings. The number of nitrogens with one attached hydrogen (secondary N) is 2. The molecule has 0 rings (SSSR count). The van der Waals surface area contributed by atoms with Gasteiger partial charge in [-0.15, -0.1) is 0 Å². The zero-order chi connectivity index (χ0) is 9.72. The van der Waals surface area contributed by atoms with Crippen molar-refractivity contribution in [2.45, 2.75) is 13.0 Å². The molecule has 1 atom stereocenters. The second kappa shape index (κ2) is 4.89. The average molecular weight is 190 g/mol. The number of carbonyl (C=O) groups excluding carboxylic acids is 1. The summed E-state index contributed by atoms with van der Waals surface area (Å²) in [6.45, 7) is 1.71. The Balaban J connectivity index is 3.95. The van der Waals surface area contributed by atoms with E-state index < -0.39 is 0 Å². The Morgan fingerprint density at radius 2 is 2.08 bits per heavy atom. The molecule has 0 saturated heterocycles. The van der Waals surface area contributed by atoms with Crippen LogP contribution in [0.25, 0.3) is 0 Å². The molecule has 0 spiro atoms. The smallest absolute Gasteiger partial charge is 0.244 e. The summed E-state index contributed by atoms with van der Waals surface area (Å²) in [7, 11) is 3.36. The Bertz CT molecular complexity index is 182. The number of rotatable bonds is 2. The topological polar surface area (TPSA) is 70.4 Å². The number of thiocarbonyl (C=S) groups is 1. The number of hydrazine groups is 1. The number of nitrogens with two attached hydrogens (primary N) is 1. The molecule has 0 saturated carbocycles. The van der Waals surface area contributed by atoms with Crippen LogP contribution in [0, 0.1) is 0 Å². The van der Waals surface area contributed by atoms with Crippen LogP contribution < -0.4 is 16.6 Å². The van der Waals surface area contributed by atoms with Crippen LogP contribution in [0.1, 0.15) is 6.92 Å². The first-order valence-corrected chi connectivity index (χ1v) is 3.88. The van der Waals surface area contributed by atoms with E-state index >= 15 is 0 Å². The highest BCUT2D eigenvalue weighted by Gasteiger charge is 2.14. The highest BCUT2D eigenvalue weighted by Crippen LogP contribution is 1.87. The van der Waals surface area contributed by atoms with Crippen LogP contribution in [0.3, 0.4) is 0 Å². The largest absolute Gasteiger partial charge is 0.350 e. The minimum Gasteiger partial charge on any atom is -0.350 e. The maximum Gasteiger partial charge on any atom is 0.244 e. The summed E-state index contributed by atoms with van der Waals surface area (Å²) in [5.41, 5.74) is 2.24. The number of nitrogens with zero attached hydrogens (tertiary/aromatic N) is 1. The van der Waals surface area contributed by atoms with Gasteiger partial charge in [0.15, 0.2) is 5.11 Å². The third-order valence-electron chi connectivity index (χ3n) is 1.29. The Morgan fingerprint density at radius 3 is 2.42 bits per heavy atom.